The molecule has 0 fully saturated rings. The molecule has 12 nitrogen and oxygen atoms in total. The third-order valence-corrected chi connectivity index (χ3v) is 6.65. The molecule has 0 aromatic heterocycles. The van der Waals surface area contributed by atoms with E-state index in [1.54, 1.807) is 0 Å². The van der Waals surface area contributed by atoms with Crippen molar-refractivity contribution < 1.29 is 59.4 Å². The maximum atomic E-state index is 12.1. The second-order valence-electron chi connectivity index (χ2n) is 9.01. The van der Waals surface area contributed by atoms with Crippen molar-refractivity contribution in [3.8, 4) is 0 Å². The van der Waals surface area contributed by atoms with Gasteiger partial charge in [0.1, 0.15) is 0 Å². The van der Waals surface area contributed by atoms with Crippen LogP contribution in [0.4, 0.5) is 0 Å². The molecule has 0 aliphatic carbocycles. The van der Waals surface area contributed by atoms with E-state index in [0.717, 1.165) is 32.1 Å². The molecule has 0 rings (SSSR count). The Hall–Kier alpha value is -3.18. The molecule has 0 amide bonds. The normalized spacial score (nSPS) is 12.6. The summed E-state index contributed by atoms with van der Waals surface area (Å²) in [6.45, 7) is 2.16. The number of aliphatic carboxylic acids is 6. The van der Waals surface area contributed by atoms with E-state index < -0.39 is 59.0 Å². The van der Waals surface area contributed by atoms with Gasteiger partial charge in [-0.15, -0.1) is 0 Å². The van der Waals surface area contributed by atoms with Gasteiger partial charge in [-0.05, 0) is 6.42 Å². The number of unbranched alkanes of at least 4 members (excludes halogenated alkanes) is 12. The number of hydrogen-bond donors (Lipinski definition) is 6. The van der Waals surface area contributed by atoms with Crippen LogP contribution in [-0.4, -0.2) is 66.5 Å². The van der Waals surface area contributed by atoms with Crippen molar-refractivity contribution in [3.63, 3.8) is 0 Å². The third kappa shape index (κ3) is 7.41. The fourth-order valence-corrected chi connectivity index (χ4v) is 4.64. The minimum absolute atomic E-state index is 0.0638. The van der Waals surface area contributed by atoms with Crippen LogP contribution in [-0.2, 0) is 28.8 Å². The summed E-state index contributed by atoms with van der Waals surface area (Å²) < 4.78 is 0. The predicted molar refractivity (Wildman–Crippen MR) is 124 cm³/mol. The standard InChI is InChI=1S/C24H38O12/c1-2-3-4-5-6-7-8-9-10-11-12-13-14-15-16(17(25)26)23(18(27)28,19(29)30)24(20(31)32,21(33)34)22(35)36/h16H,2-15H2,1H3,(H,25,26)(H,27,28)(H,29,30)(H,31,32)(H,33,34)(H,35,36). The molecular formula is C24H38O12. The van der Waals surface area contributed by atoms with Gasteiger partial charge in [-0.3, -0.25) is 28.8 Å². The van der Waals surface area contributed by atoms with E-state index in [1.807, 2.05) is 0 Å². The number of carboxylic acids is 6. The molecule has 0 spiro atoms. The van der Waals surface area contributed by atoms with Crippen molar-refractivity contribution in [1.29, 1.82) is 0 Å². The van der Waals surface area contributed by atoms with Crippen LogP contribution in [0.15, 0.2) is 0 Å². The van der Waals surface area contributed by atoms with E-state index in [9.17, 15) is 59.4 Å². The highest BCUT2D eigenvalue weighted by Gasteiger charge is 2.80. The summed E-state index contributed by atoms with van der Waals surface area (Å²) in [6, 6.07) is 0. The molecule has 6 N–H and O–H groups in total. The van der Waals surface area contributed by atoms with Crippen LogP contribution < -0.4 is 0 Å². The van der Waals surface area contributed by atoms with Gasteiger partial charge in [0.05, 0.1) is 5.92 Å². The lowest BCUT2D eigenvalue weighted by Crippen LogP contribution is -2.68. The molecule has 1 unspecified atom stereocenters. The molecule has 0 aliphatic heterocycles. The summed E-state index contributed by atoms with van der Waals surface area (Å²) in [5.41, 5.74) is -8.69. The molecule has 0 radical (unpaired) electrons. The summed E-state index contributed by atoms with van der Waals surface area (Å²) in [7, 11) is 0. The average molecular weight is 519 g/mol. The number of carbonyl (C=O) groups is 6. The maximum absolute atomic E-state index is 12.1. The molecule has 12 heteroatoms. The van der Waals surface area contributed by atoms with Crippen LogP contribution in [0.1, 0.15) is 96.8 Å². The molecular weight excluding hydrogens is 480 g/mol. The fourth-order valence-electron chi connectivity index (χ4n) is 4.64. The predicted octanol–water partition coefficient (Wildman–Crippen LogP) is 3.56. The van der Waals surface area contributed by atoms with Crippen LogP contribution >= 0.6 is 0 Å². The van der Waals surface area contributed by atoms with Gasteiger partial charge in [-0.25, -0.2) is 0 Å². The van der Waals surface area contributed by atoms with Crippen LogP contribution in [0, 0.1) is 16.7 Å². The van der Waals surface area contributed by atoms with Gasteiger partial charge in [-0.2, -0.15) is 0 Å². The van der Waals surface area contributed by atoms with Crippen LogP contribution in [0.25, 0.3) is 0 Å². The fraction of sp³-hybridized carbons (Fsp3) is 0.750. The number of hydrogen-bond acceptors (Lipinski definition) is 6. The molecule has 0 heterocycles. The van der Waals surface area contributed by atoms with E-state index in [2.05, 4.69) is 6.92 Å². The average Bonchev–Trinajstić information content (AvgIpc) is 2.76. The minimum atomic E-state index is -4.48. The lowest BCUT2D eigenvalue weighted by atomic mass is 9.55. The molecule has 0 aromatic carbocycles. The zero-order chi connectivity index (χ0) is 27.9. The minimum Gasteiger partial charge on any atom is -0.481 e. The maximum Gasteiger partial charge on any atom is 0.334 e. The Balaban J connectivity index is 5.32. The van der Waals surface area contributed by atoms with E-state index >= 15 is 0 Å². The Morgan fingerprint density at radius 3 is 1.06 bits per heavy atom. The topological polar surface area (TPSA) is 224 Å². The second kappa shape index (κ2) is 15.7. The van der Waals surface area contributed by atoms with Crippen molar-refractivity contribution >= 4 is 35.8 Å². The summed E-state index contributed by atoms with van der Waals surface area (Å²) in [6.07, 6.45) is 11.2. The molecule has 1 atom stereocenters. The monoisotopic (exact) mass is 518 g/mol. The molecule has 36 heavy (non-hydrogen) atoms. The third-order valence-electron chi connectivity index (χ3n) is 6.65. The Labute approximate surface area is 209 Å². The van der Waals surface area contributed by atoms with Crippen molar-refractivity contribution in [3.05, 3.63) is 0 Å². The lowest BCUT2D eigenvalue weighted by molar-refractivity contribution is -0.209. The van der Waals surface area contributed by atoms with E-state index in [0.29, 0.717) is 12.8 Å². The smallest absolute Gasteiger partial charge is 0.334 e. The van der Waals surface area contributed by atoms with E-state index in [-0.39, 0.29) is 6.42 Å². The van der Waals surface area contributed by atoms with Crippen molar-refractivity contribution in [1.82, 2.24) is 0 Å². The van der Waals surface area contributed by atoms with Gasteiger partial charge in [0, 0.05) is 0 Å². The first-order chi connectivity index (χ1) is 16.9. The summed E-state index contributed by atoms with van der Waals surface area (Å²) in [4.78, 5) is 71.4. The van der Waals surface area contributed by atoms with Crippen LogP contribution in [0.3, 0.4) is 0 Å². The van der Waals surface area contributed by atoms with Crippen molar-refractivity contribution in [2.75, 3.05) is 0 Å². The van der Waals surface area contributed by atoms with Crippen LogP contribution in [0.5, 0.6) is 0 Å². The van der Waals surface area contributed by atoms with Gasteiger partial charge >= 0.3 is 35.8 Å². The highest BCUT2D eigenvalue weighted by Crippen LogP contribution is 2.49. The molecule has 0 saturated heterocycles. The van der Waals surface area contributed by atoms with Gasteiger partial charge in [0.2, 0.25) is 5.41 Å². The first kappa shape index (κ1) is 32.8. The van der Waals surface area contributed by atoms with Gasteiger partial charge < -0.3 is 30.6 Å². The largest absolute Gasteiger partial charge is 0.481 e. The van der Waals surface area contributed by atoms with Crippen molar-refractivity contribution in [2.45, 2.75) is 96.8 Å². The molecule has 0 aliphatic rings. The van der Waals surface area contributed by atoms with Crippen LogP contribution in [0.2, 0.25) is 0 Å². The zero-order valence-corrected chi connectivity index (χ0v) is 20.6. The molecule has 0 bridgehead atoms. The van der Waals surface area contributed by atoms with Gasteiger partial charge in [0.25, 0.3) is 5.41 Å². The summed E-state index contributed by atoms with van der Waals surface area (Å²) in [5, 5.41) is 57.2. The second-order valence-corrected chi connectivity index (χ2v) is 9.01. The Kier molecular flexibility index (Phi) is 14.4. The summed E-state index contributed by atoms with van der Waals surface area (Å²) in [5.74, 6) is -18.5. The quantitative estimate of drug-likeness (QED) is 0.0893. The molecule has 0 aromatic rings. The Morgan fingerprint density at radius 1 is 0.500 bits per heavy atom. The lowest BCUT2D eigenvalue weighted by Gasteiger charge is -2.39. The van der Waals surface area contributed by atoms with Gasteiger partial charge in [0.15, 0.2) is 0 Å². The number of carboxylic acid groups (broad SMARTS) is 6. The first-order valence-corrected chi connectivity index (χ1v) is 12.3. The SMILES string of the molecule is CCCCCCCCCCCCCCCC(C(=O)O)C(C(=O)O)(C(=O)O)C(C(=O)O)(C(=O)O)C(=O)O. The molecule has 0 saturated carbocycles. The number of rotatable bonds is 22. The van der Waals surface area contributed by atoms with Crippen molar-refractivity contribution in [2.24, 2.45) is 16.7 Å². The molecule has 206 valence electrons. The van der Waals surface area contributed by atoms with E-state index in [1.165, 1.54) is 32.1 Å². The Morgan fingerprint density at radius 2 is 0.806 bits per heavy atom. The first-order valence-electron chi connectivity index (χ1n) is 12.3. The van der Waals surface area contributed by atoms with Gasteiger partial charge in [-0.1, -0.05) is 90.4 Å². The highest BCUT2D eigenvalue weighted by molar-refractivity contribution is 6.25. The Bertz CT molecular complexity index is 738. The summed E-state index contributed by atoms with van der Waals surface area (Å²) >= 11 is 0. The highest BCUT2D eigenvalue weighted by atomic mass is 16.4. The van der Waals surface area contributed by atoms with E-state index in [4.69, 9.17) is 0 Å². The zero-order valence-electron chi connectivity index (χ0n) is 20.6.